The van der Waals surface area contributed by atoms with Crippen molar-refractivity contribution >= 4 is 28.7 Å². The molecular formula is C19H24N2S. The van der Waals surface area contributed by atoms with E-state index in [9.17, 15) is 0 Å². The van der Waals surface area contributed by atoms with Gasteiger partial charge in [-0.3, -0.25) is 0 Å². The molecule has 0 aliphatic rings. The summed E-state index contributed by atoms with van der Waals surface area (Å²) in [6.07, 6.45) is 0. The molecule has 0 aliphatic heterocycles. The summed E-state index contributed by atoms with van der Waals surface area (Å²) in [7, 11) is 0. The Morgan fingerprint density at radius 2 is 1.09 bits per heavy atom. The first kappa shape index (κ1) is 16.5. The monoisotopic (exact) mass is 312 g/mol. The zero-order valence-electron chi connectivity index (χ0n) is 13.7. The highest BCUT2D eigenvalue weighted by Gasteiger charge is 2.09. The van der Waals surface area contributed by atoms with Crippen molar-refractivity contribution in [3.05, 3.63) is 59.7 Å². The van der Waals surface area contributed by atoms with Crippen molar-refractivity contribution in [3.63, 3.8) is 0 Å². The van der Waals surface area contributed by atoms with E-state index in [0.29, 0.717) is 16.9 Å². The Bertz CT molecular complexity index is 592. The quantitative estimate of drug-likeness (QED) is 0.704. The molecule has 2 aromatic carbocycles. The molecule has 2 aromatic rings. The van der Waals surface area contributed by atoms with Crippen LogP contribution in [0.4, 0.5) is 11.4 Å². The summed E-state index contributed by atoms with van der Waals surface area (Å²) in [5.41, 5.74) is 4.67. The van der Waals surface area contributed by atoms with E-state index in [1.54, 1.807) is 0 Å². The predicted octanol–water partition coefficient (Wildman–Crippen LogP) is 5.74. The normalized spacial score (nSPS) is 10.8. The summed E-state index contributed by atoms with van der Waals surface area (Å²) >= 11 is 5.49. The van der Waals surface area contributed by atoms with E-state index < -0.39 is 0 Å². The molecule has 0 heterocycles. The van der Waals surface area contributed by atoms with Crippen molar-refractivity contribution in [1.29, 1.82) is 0 Å². The zero-order valence-corrected chi connectivity index (χ0v) is 14.5. The number of hydrogen-bond acceptors (Lipinski definition) is 1. The molecule has 0 saturated heterocycles. The minimum atomic E-state index is 0.453. The third-order valence-electron chi connectivity index (χ3n) is 3.66. The topological polar surface area (TPSA) is 24.1 Å². The molecule has 0 spiro atoms. The highest BCUT2D eigenvalue weighted by atomic mass is 32.1. The Labute approximate surface area is 139 Å². The van der Waals surface area contributed by atoms with Gasteiger partial charge < -0.3 is 10.6 Å². The fourth-order valence-electron chi connectivity index (χ4n) is 2.50. The molecular weight excluding hydrogens is 288 g/mol. The van der Waals surface area contributed by atoms with E-state index in [2.05, 4.69) is 74.7 Å². The summed E-state index contributed by atoms with van der Waals surface area (Å²) in [4.78, 5) is 0. The van der Waals surface area contributed by atoms with Gasteiger partial charge in [0.15, 0.2) is 5.11 Å². The van der Waals surface area contributed by atoms with Crippen LogP contribution in [0.5, 0.6) is 0 Å². The minimum absolute atomic E-state index is 0.453. The molecule has 0 bridgehead atoms. The second-order valence-corrected chi connectivity index (χ2v) is 6.47. The Hall–Kier alpha value is -1.87. The molecule has 2 N–H and O–H groups in total. The van der Waals surface area contributed by atoms with E-state index >= 15 is 0 Å². The van der Waals surface area contributed by atoms with Gasteiger partial charge in [0.1, 0.15) is 0 Å². The average Bonchev–Trinajstić information content (AvgIpc) is 2.47. The van der Waals surface area contributed by atoms with Crippen LogP contribution < -0.4 is 10.6 Å². The number of nitrogens with one attached hydrogen (secondary N) is 2. The lowest BCUT2D eigenvalue weighted by atomic mass is 10.0. The summed E-state index contributed by atoms with van der Waals surface area (Å²) in [6, 6.07) is 16.6. The summed E-state index contributed by atoms with van der Waals surface area (Å²) < 4.78 is 0. The van der Waals surface area contributed by atoms with Crippen molar-refractivity contribution in [2.75, 3.05) is 10.6 Å². The van der Waals surface area contributed by atoms with Crippen LogP contribution in [0, 0.1) is 0 Å². The predicted molar refractivity (Wildman–Crippen MR) is 101 cm³/mol. The van der Waals surface area contributed by atoms with Gasteiger partial charge in [-0.2, -0.15) is 0 Å². The second-order valence-electron chi connectivity index (χ2n) is 6.06. The van der Waals surface area contributed by atoms with E-state index in [0.717, 1.165) is 11.4 Å². The second kappa shape index (κ2) is 7.41. The van der Waals surface area contributed by atoms with Gasteiger partial charge in [-0.05, 0) is 47.3 Å². The van der Waals surface area contributed by atoms with Gasteiger partial charge >= 0.3 is 0 Å². The molecule has 3 heteroatoms. The Balaban J connectivity index is 2.15. The number of thiocarbonyl (C=S) groups is 1. The van der Waals surface area contributed by atoms with Crippen LogP contribution in [0.3, 0.4) is 0 Å². The van der Waals surface area contributed by atoms with Gasteiger partial charge in [-0.25, -0.2) is 0 Å². The Morgan fingerprint density at radius 1 is 0.727 bits per heavy atom. The summed E-state index contributed by atoms with van der Waals surface area (Å²) in [6.45, 7) is 8.74. The third-order valence-corrected chi connectivity index (χ3v) is 3.87. The maximum atomic E-state index is 5.49. The molecule has 0 atom stereocenters. The third kappa shape index (κ3) is 4.08. The van der Waals surface area contributed by atoms with E-state index in [-0.39, 0.29) is 0 Å². The zero-order chi connectivity index (χ0) is 16.1. The molecule has 0 aromatic heterocycles. The van der Waals surface area contributed by atoms with Crippen molar-refractivity contribution < 1.29 is 0 Å². The lowest BCUT2D eigenvalue weighted by molar-refractivity contribution is 0.869. The largest absolute Gasteiger partial charge is 0.332 e. The number of hydrogen-bond donors (Lipinski definition) is 2. The number of anilines is 2. The average molecular weight is 312 g/mol. The van der Waals surface area contributed by atoms with Crippen LogP contribution in [0.1, 0.15) is 50.7 Å². The first-order chi connectivity index (χ1) is 10.5. The summed E-state index contributed by atoms with van der Waals surface area (Å²) in [5.74, 6) is 0.906. The van der Waals surface area contributed by atoms with E-state index in [1.165, 1.54) is 11.1 Å². The lowest BCUT2D eigenvalue weighted by Crippen LogP contribution is -2.21. The molecule has 0 amide bonds. The van der Waals surface area contributed by atoms with Crippen LogP contribution in [0.2, 0.25) is 0 Å². The molecule has 22 heavy (non-hydrogen) atoms. The number of rotatable bonds is 4. The maximum absolute atomic E-state index is 5.49. The summed E-state index contributed by atoms with van der Waals surface area (Å²) in [5, 5.41) is 7.28. The highest BCUT2D eigenvalue weighted by molar-refractivity contribution is 7.80. The lowest BCUT2D eigenvalue weighted by Gasteiger charge is -2.18. The smallest absolute Gasteiger partial charge is 0.175 e. The van der Waals surface area contributed by atoms with Crippen molar-refractivity contribution in [3.8, 4) is 0 Å². The molecule has 2 rings (SSSR count). The molecule has 0 aliphatic carbocycles. The van der Waals surface area contributed by atoms with E-state index in [1.807, 2.05) is 12.1 Å². The van der Waals surface area contributed by atoms with Crippen LogP contribution in [-0.2, 0) is 0 Å². The first-order valence-electron chi connectivity index (χ1n) is 7.75. The number of benzene rings is 2. The van der Waals surface area contributed by atoms with Gasteiger partial charge in [0.2, 0.25) is 0 Å². The van der Waals surface area contributed by atoms with Crippen LogP contribution >= 0.6 is 12.2 Å². The maximum Gasteiger partial charge on any atom is 0.175 e. The molecule has 116 valence electrons. The van der Waals surface area contributed by atoms with Gasteiger partial charge in [-0.15, -0.1) is 0 Å². The van der Waals surface area contributed by atoms with Crippen LogP contribution in [0.25, 0.3) is 0 Å². The molecule has 0 unspecified atom stereocenters. The van der Waals surface area contributed by atoms with Crippen LogP contribution in [-0.4, -0.2) is 5.11 Å². The fraction of sp³-hybridized carbons (Fsp3) is 0.316. The van der Waals surface area contributed by atoms with Gasteiger partial charge in [0.25, 0.3) is 0 Å². The van der Waals surface area contributed by atoms with Crippen molar-refractivity contribution in [2.45, 2.75) is 39.5 Å². The van der Waals surface area contributed by atoms with Gasteiger partial charge in [-0.1, -0.05) is 64.1 Å². The highest BCUT2D eigenvalue weighted by Crippen LogP contribution is 2.26. The molecule has 0 fully saturated rings. The molecule has 0 saturated carbocycles. The van der Waals surface area contributed by atoms with Crippen molar-refractivity contribution in [2.24, 2.45) is 0 Å². The molecule has 2 nitrogen and oxygen atoms in total. The standard InChI is InChI=1S/C19H24N2S/c1-13(2)15-9-5-7-11-17(15)20-19(22)21-18-12-8-6-10-16(18)14(3)4/h5-14H,1-4H3,(H2,20,21,22). The van der Waals surface area contributed by atoms with Crippen LogP contribution in [0.15, 0.2) is 48.5 Å². The Kier molecular flexibility index (Phi) is 5.56. The fourth-order valence-corrected chi connectivity index (χ4v) is 2.72. The van der Waals surface area contributed by atoms with Crippen molar-refractivity contribution in [1.82, 2.24) is 0 Å². The SMILES string of the molecule is CC(C)c1ccccc1NC(=S)Nc1ccccc1C(C)C. The minimum Gasteiger partial charge on any atom is -0.332 e. The number of para-hydroxylation sites is 2. The van der Waals surface area contributed by atoms with Gasteiger partial charge in [0, 0.05) is 11.4 Å². The van der Waals surface area contributed by atoms with Gasteiger partial charge in [0.05, 0.1) is 0 Å². The van der Waals surface area contributed by atoms with E-state index in [4.69, 9.17) is 12.2 Å². The molecule has 0 radical (unpaired) electrons. The first-order valence-corrected chi connectivity index (χ1v) is 8.15. The Morgan fingerprint density at radius 3 is 1.45 bits per heavy atom.